The Balaban J connectivity index is 3.85. The smallest absolute Gasteiger partial charge is 0.230 e. The van der Waals surface area contributed by atoms with Gasteiger partial charge in [-0.3, -0.25) is 9.59 Å². The van der Waals surface area contributed by atoms with Crippen molar-refractivity contribution in [1.82, 2.24) is 4.90 Å². The van der Waals surface area contributed by atoms with E-state index in [1.54, 1.807) is 7.05 Å². The van der Waals surface area contributed by atoms with E-state index in [1.165, 1.54) is 11.8 Å². The summed E-state index contributed by atoms with van der Waals surface area (Å²) < 4.78 is 0. The minimum absolute atomic E-state index is 0.0574. The summed E-state index contributed by atoms with van der Waals surface area (Å²) in [6, 6.07) is 0. The molecule has 0 aromatic carbocycles. The predicted octanol–water partition coefficient (Wildman–Crippen LogP) is 0.0571. The minimum atomic E-state index is -0.226. The predicted molar refractivity (Wildman–Crippen MR) is 41.8 cm³/mol. The van der Waals surface area contributed by atoms with Crippen LogP contribution < -0.4 is 0 Å². The molecule has 0 fully saturated rings. The van der Waals surface area contributed by atoms with Gasteiger partial charge in [0.2, 0.25) is 5.91 Å². The van der Waals surface area contributed by atoms with Gasteiger partial charge in [-0.1, -0.05) is 5.92 Å². The standard InChI is InChI=1S/C8H11NO2/c1-4-5-9(3)8(11)6-7(2)10/h1H,5-6H2,2-3H3. The second-order valence-corrected chi connectivity index (χ2v) is 2.33. The van der Waals surface area contributed by atoms with Crippen LogP contribution in [0.5, 0.6) is 0 Å². The van der Waals surface area contributed by atoms with Crippen LogP contribution >= 0.6 is 0 Å². The second-order valence-electron chi connectivity index (χ2n) is 2.33. The Kier molecular flexibility index (Phi) is 3.97. The first-order chi connectivity index (χ1) is 5.07. The molecule has 0 unspecified atom stereocenters. The molecule has 3 heteroatoms. The molecule has 1 amide bonds. The highest BCUT2D eigenvalue weighted by atomic mass is 16.2. The molecule has 0 aliphatic heterocycles. The van der Waals surface area contributed by atoms with Crippen LogP contribution in [0.2, 0.25) is 0 Å². The van der Waals surface area contributed by atoms with Crippen LogP contribution in [0.3, 0.4) is 0 Å². The van der Waals surface area contributed by atoms with E-state index < -0.39 is 0 Å². The molecular weight excluding hydrogens is 142 g/mol. The first kappa shape index (κ1) is 9.70. The van der Waals surface area contributed by atoms with Gasteiger partial charge < -0.3 is 4.90 Å². The van der Waals surface area contributed by atoms with Gasteiger partial charge in [-0.15, -0.1) is 6.42 Å². The van der Waals surface area contributed by atoms with Gasteiger partial charge in [0.05, 0.1) is 13.0 Å². The second kappa shape index (κ2) is 4.51. The average Bonchev–Trinajstić information content (AvgIpc) is 1.86. The van der Waals surface area contributed by atoms with Gasteiger partial charge in [-0.2, -0.15) is 0 Å². The van der Waals surface area contributed by atoms with E-state index in [1.807, 2.05) is 0 Å². The van der Waals surface area contributed by atoms with Crippen LogP contribution in [0.4, 0.5) is 0 Å². The lowest BCUT2D eigenvalue weighted by Crippen LogP contribution is -2.28. The fourth-order valence-corrected chi connectivity index (χ4v) is 0.573. The number of carbonyl (C=O) groups is 2. The summed E-state index contributed by atoms with van der Waals surface area (Å²) in [6.07, 6.45) is 4.91. The maximum atomic E-state index is 11.0. The normalized spacial score (nSPS) is 8.45. The zero-order valence-electron chi connectivity index (χ0n) is 6.76. The van der Waals surface area contributed by atoms with Crippen LogP contribution in [-0.4, -0.2) is 30.2 Å². The molecule has 0 aliphatic rings. The lowest BCUT2D eigenvalue weighted by atomic mass is 10.3. The summed E-state index contributed by atoms with van der Waals surface area (Å²) in [7, 11) is 1.57. The summed E-state index contributed by atoms with van der Waals surface area (Å²) in [6.45, 7) is 1.63. The highest BCUT2D eigenvalue weighted by Gasteiger charge is 2.08. The third-order valence-corrected chi connectivity index (χ3v) is 1.15. The number of nitrogens with zero attached hydrogens (tertiary/aromatic N) is 1. The van der Waals surface area contributed by atoms with Gasteiger partial charge in [-0.25, -0.2) is 0 Å². The molecule has 0 saturated carbocycles. The monoisotopic (exact) mass is 153 g/mol. The highest BCUT2D eigenvalue weighted by molar-refractivity contribution is 5.96. The molecule has 60 valence electrons. The third-order valence-electron chi connectivity index (χ3n) is 1.15. The fraction of sp³-hybridized carbons (Fsp3) is 0.500. The van der Waals surface area contributed by atoms with Crippen molar-refractivity contribution in [2.75, 3.05) is 13.6 Å². The quantitative estimate of drug-likeness (QED) is 0.424. The molecule has 0 heterocycles. The van der Waals surface area contributed by atoms with Gasteiger partial charge in [-0.05, 0) is 6.92 Å². The largest absolute Gasteiger partial charge is 0.334 e. The van der Waals surface area contributed by atoms with E-state index in [9.17, 15) is 9.59 Å². The lowest BCUT2D eigenvalue weighted by Gasteiger charge is -2.11. The number of ketones is 1. The molecule has 0 radical (unpaired) electrons. The van der Waals surface area contributed by atoms with Crippen molar-refractivity contribution in [2.45, 2.75) is 13.3 Å². The first-order valence-corrected chi connectivity index (χ1v) is 3.24. The van der Waals surface area contributed by atoms with Crippen molar-refractivity contribution in [1.29, 1.82) is 0 Å². The number of hydrogen-bond acceptors (Lipinski definition) is 2. The molecule has 3 nitrogen and oxygen atoms in total. The number of carbonyl (C=O) groups excluding carboxylic acids is 2. The highest BCUT2D eigenvalue weighted by Crippen LogP contribution is 1.90. The Hall–Kier alpha value is -1.30. The number of Topliss-reactive ketones (excluding diaryl/α,β-unsaturated/α-hetero) is 1. The van der Waals surface area contributed by atoms with E-state index in [0.717, 1.165) is 0 Å². The first-order valence-electron chi connectivity index (χ1n) is 3.24. The zero-order valence-corrected chi connectivity index (χ0v) is 6.76. The van der Waals surface area contributed by atoms with Crippen molar-refractivity contribution in [3.8, 4) is 12.3 Å². The van der Waals surface area contributed by atoms with E-state index >= 15 is 0 Å². The molecule has 0 aliphatic carbocycles. The summed E-state index contributed by atoms with van der Waals surface area (Å²) >= 11 is 0. The van der Waals surface area contributed by atoms with Gasteiger partial charge in [0.1, 0.15) is 5.78 Å². The van der Waals surface area contributed by atoms with Crippen molar-refractivity contribution in [3.05, 3.63) is 0 Å². The van der Waals surface area contributed by atoms with E-state index in [-0.39, 0.29) is 24.7 Å². The van der Waals surface area contributed by atoms with Crippen LogP contribution in [0.15, 0.2) is 0 Å². The molecule has 11 heavy (non-hydrogen) atoms. The van der Waals surface area contributed by atoms with E-state index in [4.69, 9.17) is 6.42 Å². The number of hydrogen-bond donors (Lipinski definition) is 0. The Morgan fingerprint density at radius 2 is 2.09 bits per heavy atom. The topological polar surface area (TPSA) is 37.4 Å². The molecule has 0 saturated heterocycles. The van der Waals surface area contributed by atoms with Crippen LogP contribution in [0, 0.1) is 12.3 Å². The Morgan fingerprint density at radius 3 is 2.45 bits per heavy atom. The molecular formula is C8H11NO2. The fourth-order valence-electron chi connectivity index (χ4n) is 0.573. The SMILES string of the molecule is C#CCN(C)C(=O)CC(C)=O. The van der Waals surface area contributed by atoms with Gasteiger partial charge in [0, 0.05) is 7.05 Å². The van der Waals surface area contributed by atoms with Crippen molar-refractivity contribution in [2.24, 2.45) is 0 Å². The Bertz CT molecular complexity index is 203. The van der Waals surface area contributed by atoms with Crippen molar-refractivity contribution < 1.29 is 9.59 Å². The maximum absolute atomic E-state index is 11.0. The summed E-state index contributed by atoms with van der Waals surface area (Å²) in [5.41, 5.74) is 0. The lowest BCUT2D eigenvalue weighted by molar-refractivity contribution is -0.133. The van der Waals surface area contributed by atoms with Crippen LogP contribution in [-0.2, 0) is 9.59 Å². The molecule has 0 spiro atoms. The number of terminal acetylenes is 1. The van der Waals surface area contributed by atoms with Crippen LogP contribution in [0.1, 0.15) is 13.3 Å². The number of rotatable bonds is 3. The third kappa shape index (κ3) is 4.15. The van der Waals surface area contributed by atoms with Crippen LogP contribution in [0.25, 0.3) is 0 Å². The van der Waals surface area contributed by atoms with Crippen molar-refractivity contribution in [3.63, 3.8) is 0 Å². The summed E-state index contributed by atoms with van der Waals surface area (Å²) in [5, 5.41) is 0. The van der Waals surface area contributed by atoms with Crippen molar-refractivity contribution >= 4 is 11.7 Å². The van der Waals surface area contributed by atoms with E-state index in [2.05, 4.69) is 5.92 Å². The number of amides is 1. The van der Waals surface area contributed by atoms with E-state index in [0.29, 0.717) is 0 Å². The maximum Gasteiger partial charge on any atom is 0.230 e. The van der Waals surface area contributed by atoms with Gasteiger partial charge in [0.25, 0.3) is 0 Å². The molecule has 0 atom stereocenters. The molecule has 0 aromatic heterocycles. The summed E-state index contributed by atoms with van der Waals surface area (Å²) in [5.74, 6) is 1.95. The average molecular weight is 153 g/mol. The Labute approximate surface area is 66.4 Å². The molecule has 0 bridgehead atoms. The molecule has 0 rings (SSSR count). The molecule has 0 aromatic rings. The van der Waals surface area contributed by atoms with Gasteiger partial charge in [0.15, 0.2) is 0 Å². The van der Waals surface area contributed by atoms with Gasteiger partial charge >= 0.3 is 0 Å². The Morgan fingerprint density at radius 1 is 1.55 bits per heavy atom. The summed E-state index contributed by atoms with van der Waals surface area (Å²) in [4.78, 5) is 22.8. The molecule has 0 N–H and O–H groups in total. The minimum Gasteiger partial charge on any atom is -0.334 e. The zero-order chi connectivity index (χ0) is 8.85.